The summed E-state index contributed by atoms with van der Waals surface area (Å²) >= 11 is 0. The van der Waals surface area contributed by atoms with Crippen molar-refractivity contribution in [3.63, 3.8) is 0 Å². The molecule has 0 radical (unpaired) electrons. The lowest BCUT2D eigenvalue weighted by atomic mass is 9.73. The summed E-state index contributed by atoms with van der Waals surface area (Å²) in [6.45, 7) is 9.65. The predicted molar refractivity (Wildman–Crippen MR) is 122 cm³/mol. The van der Waals surface area contributed by atoms with Crippen LogP contribution in [0.2, 0.25) is 0 Å². The fourth-order valence-electron chi connectivity index (χ4n) is 2.92. The average molecular weight is 510 g/mol. The molecule has 0 unspecified atom stereocenters. The van der Waals surface area contributed by atoms with Crippen LogP contribution >= 0.6 is 0 Å². The second-order valence-corrected chi connectivity index (χ2v) is 7.86. The summed E-state index contributed by atoms with van der Waals surface area (Å²) < 4.78 is 20.2. The molecule has 0 aliphatic heterocycles. The molecule has 0 bridgehead atoms. The fourth-order valence-corrected chi connectivity index (χ4v) is 2.92. The van der Waals surface area contributed by atoms with Crippen molar-refractivity contribution < 1.29 is 57.6 Å². The highest BCUT2D eigenvalue weighted by molar-refractivity contribution is 6.07. The number of esters is 4. The van der Waals surface area contributed by atoms with Gasteiger partial charge in [-0.25, -0.2) is 14.4 Å². The Morgan fingerprint density at radius 3 is 1.36 bits per heavy atom. The number of hydrogen-bond acceptors (Lipinski definition) is 11. The summed E-state index contributed by atoms with van der Waals surface area (Å²) in [5, 5.41) is 9.13. The maximum atomic E-state index is 12.5. The summed E-state index contributed by atoms with van der Waals surface area (Å²) in [6.07, 6.45) is 0.808. The fraction of sp³-hybridized carbons (Fsp3) is 0.458. The highest BCUT2D eigenvalue weighted by Crippen LogP contribution is 2.31. The highest BCUT2D eigenvalue weighted by Gasteiger charge is 2.43. The Kier molecular flexibility index (Phi) is 13.3. The molecule has 0 aromatic heterocycles. The topological polar surface area (TPSA) is 177 Å². The molecule has 0 atom stereocenters. The lowest BCUT2D eigenvalue weighted by molar-refractivity contribution is -0.166. The van der Waals surface area contributed by atoms with E-state index >= 15 is 0 Å². The van der Waals surface area contributed by atoms with Crippen LogP contribution in [0.15, 0.2) is 38.0 Å². The van der Waals surface area contributed by atoms with Gasteiger partial charge in [0.2, 0.25) is 0 Å². The molecular formula is C24H30O12. The first-order valence-electron chi connectivity index (χ1n) is 10.5. The van der Waals surface area contributed by atoms with Gasteiger partial charge in [0.1, 0.15) is 43.4 Å². The Bertz CT molecular complexity index is 840. The number of ketones is 2. The van der Waals surface area contributed by atoms with Crippen LogP contribution in [-0.2, 0) is 52.5 Å². The second-order valence-electron chi connectivity index (χ2n) is 7.86. The Hall–Kier alpha value is -4.09. The van der Waals surface area contributed by atoms with Gasteiger partial charge in [-0.05, 0) is 20.3 Å². The van der Waals surface area contributed by atoms with Crippen molar-refractivity contribution in [2.75, 3.05) is 26.4 Å². The Balaban J connectivity index is 5.76. The van der Waals surface area contributed by atoms with E-state index in [4.69, 9.17) is 24.1 Å². The third kappa shape index (κ3) is 10.5. The van der Waals surface area contributed by atoms with Gasteiger partial charge >= 0.3 is 29.8 Å². The molecule has 0 saturated carbocycles. The van der Waals surface area contributed by atoms with Gasteiger partial charge in [-0.1, -0.05) is 19.7 Å². The number of Topliss-reactive ketones (excluding diaryl/α,β-unsaturated/α-hetero) is 2. The summed E-state index contributed by atoms with van der Waals surface area (Å²) in [7, 11) is 0. The average Bonchev–Trinajstić information content (AvgIpc) is 2.84. The Labute approximate surface area is 207 Å². The zero-order valence-corrected chi connectivity index (χ0v) is 20.2. The molecule has 0 amide bonds. The SMILES string of the molecule is C=CC(=O)OCC(COC(=O)C=C)(COC(=O)C=C)COC(=O)CCC(CC(=O)O)(C(C)=O)C(C)=O. The number of rotatable bonds is 18. The molecule has 0 spiro atoms. The van der Waals surface area contributed by atoms with E-state index in [0.717, 1.165) is 32.1 Å². The van der Waals surface area contributed by atoms with Crippen molar-refractivity contribution in [3.05, 3.63) is 38.0 Å². The van der Waals surface area contributed by atoms with E-state index in [-0.39, 0.29) is 0 Å². The molecule has 0 aliphatic rings. The molecule has 0 fully saturated rings. The van der Waals surface area contributed by atoms with E-state index in [9.17, 15) is 33.6 Å². The van der Waals surface area contributed by atoms with Gasteiger partial charge in [0, 0.05) is 24.6 Å². The third-order valence-corrected chi connectivity index (χ3v) is 5.16. The molecule has 0 heterocycles. The van der Waals surface area contributed by atoms with Gasteiger partial charge in [0.05, 0.1) is 11.8 Å². The number of carboxylic acids is 1. The molecule has 0 aromatic rings. The molecular weight excluding hydrogens is 480 g/mol. The van der Waals surface area contributed by atoms with Gasteiger partial charge in [0.25, 0.3) is 0 Å². The highest BCUT2D eigenvalue weighted by atomic mass is 16.6. The molecule has 1 N–H and O–H groups in total. The minimum absolute atomic E-state index is 0.432. The van der Waals surface area contributed by atoms with Crippen molar-refractivity contribution in [1.82, 2.24) is 0 Å². The standard InChI is InChI=1S/C24H30O12/c1-6-19(29)33-12-23(13-34-20(30)7-2,14-35-21(31)8-3)15-36-22(32)9-10-24(16(4)25,17(5)26)11-18(27)28/h6-8H,1-3,9-15H2,4-5H3,(H,27,28). The molecule has 12 heteroatoms. The van der Waals surface area contributed by atoms with Crippen LogP contribution in [0.3, 0.4) is 0 Å². The van der Waals surface area contributed by atoms with Crippen molar-refractivity contribution in [2.24, 2.45) is 10.8 Å². The Morgan fingerprint density at radius 2 is 1.06 bits per heavy atom. The number of carboxylic acid groups (broad SMARTS) is 1. The second kappa shape index (κ2) is 15.0. The third-order valence-electron chi connectivity index (χ3n) is 5.16. The van der Waals surface area contributed by atoms with Crippen molar-refractivity contribution in [2.45, 2.75) is 33.1 Å². The lowest BCUT2D eigenvalue weighted by Crippen LogP contribution is -2.44. The minimum Gasteiger partial charge on any atom is -0.481 e. The predicted octanol–water partition coefficient (Wildman–Crippen LogP) is 1.12. The normalized spacial score (nSPS) is 10.8. The lowest BCUT2D eigenvalue weighted by Gasteiger charge is -2.31. The van der Waals surface area contributed by atoms with Crippen molar-refractivity contribution in [1.29, 1.82) is 0 Å². The minimum atomic E-state index is -1.92. The summed E-state index contributed by atoms with van der Waals surface area (Å²) in [5.74, 6) is -6.37. The van der Waals surface area contributed by atoms with Crippen LogP contribution in [0.5, 0.6) is 0 Å². The molecule has 0 saturated heterocycles. The molecule has 0 rings (SSSR count). The van der Waals surface area contributed by atoms with E-state index in [0.29, 0.717) is 0 Å². The van der Waals surface area contributed by atoms with E-state index in [1.54, 1.807) is 0 Å². The number of aliphatic carboxylic acids is 1. The van der Waals surface area contributed by atoms with E-state index < -0.39 is 97.9 Å². The zero-order valence-electron chi connectivity index (χ0n) is 20.2. The van der Waals surface area contributed by atoms with E-state index in [1.807, 2.05) is 0 Å². The number of carbonyl (C=O) groups is 7. The summed E-state index contributed by atoms with van der Waals surface area (Å²) in [5.41, 5.74) is -3.48. The maximum absolute atomic E-state index is 12.5. The monoisotopic (exact) mass is 510 g/mol. The van der Waals surface area contributed by atoms with Crippen LogP contribution in [0.25, 0.3) is 0 Å². The maximum Gasteiger partial charge on any atom is 0.330 e. The molecule has 0 aromatic carbocycles. The van der Waals surface area contributed by atoms with E-state index in [2.05, 4.69) is 19.7 Å². The quantitative estimate of drug-likeness (QED) is 0.120. The first-order chi connectivity index (χ1) is 16.8. The molecule has 12 nitrogen and oxygen atoms in total. The number of hydrogen-bond donors (Lipinski definition) is 1. The van der Waals surface area contributed by atoms with Gasteiger partial charge in [0.15, 0.2) is 0 Å². The first-order valence-corrected chi connectivity index (χ1v) is 10.5. The van der Waals surface area contributed by atoms with Gasteiger partial charge < -0.3 is 24.1 Å². The van der Waals surface area contributed by atoms with Crippen LogP contribution in [0.4, 0.5) is 0 Å². The van der Waals surface area contributed by atoms with Crippen LogP contribution in [0.1, 0.15) is 33.1 Å². The van der Waals surface area contributed by atoms with Crippen molar-refractivity contribution >= 4 is 41.4 Å². The van der Waals surface area contributed by atoms with Gasteiger partial charge in [-0.2, -0.15) is 0 Å². The number of carbonyl (C=O) groups excluding carboxylic acids is 6. The van der Waals surface area contributed by atoms with Gasteiger partial charge in [-0.15, -0.1) is 0 Å². The van der Waals surface area contributed by atoms with Gasteiger partial charge in [-0.3, -0.25) is 19.2 Å². The molecule has 36 heavy (non-hydrogen) atoms. The van der Waals surface area contributed by atoms with Crippen LogP contribution in [0, 0.1) is 10.8 Å². The van der Waals surface area contributed by atoms with Crippen LogP contribution < -0.4 is 0 Å². The molecule has 198 valence electrons. The smallest absolute Gasteiger partial charge is 0.330 e. The largest absolute Gasteiger partial charge is 0.481 e. The summed E-state index contributed by atoms with van der Waals surface area (Å²) in [6, 6.07) is 0. The molecule has 0 aliphatic carbocycles. The summed E-state index contributed by atoms with van der Waals surface area (Å²) in [4.78, 5) is 82.7. The van der Waals surface area contributed by atoms with Crippen molar-refractivity contribution in [3.8, 4) is 0 Å². The number of ether oxygens (including phenoxy) is 4. The Morgan fingerprint density at radius 1 is 0.694 bits per heavy atom. The zero-order chi connectivity index (χ0) is 27.9. The van der Waals surface area contributed by atoms with E-state index in [1.165, 1.54) is 0 Å². The van der Waals surface area contributed by atoms with Crippen LogP contribution in [-0.4, -0.2) is 72.9 Å². The first kappa shape index (κ1) is 31.9.